The normalized spacial score (nSPS) is 12.6. The molecule has 1 atom stereocenters. The Kier molecular flexibility index (Phi) is 20.3. The summed E-state index contributed by atoms with van der Waals surface area (Å²) >= 11 is 5.60. The van der Waals surface area contributed by atoms with Gasteiger partial charge in [0.1, 0.15) is 5.08 Å². The van der Waals surface area contributed by atoms with Gasteiger partial charge in [0.2, 0.25) is 0 Å². The first-order chi connectivity index (χ1) is 8.95. The minimum absolute atomic E-state index is 0. The molecule has 0 aliphatic rings. The third-order valence-electron chi connectivity index (χ3n) is 2.78. The van der Waals surface area contributed by atoms with Crippen LogP contribution in [0.3, 0.4) is 0 Å². The SMILES string of the molecule is NC[C@H](c1ccc(Cl)cc1)C(O)(P(=O)([O-])[O-])P(=O)([O-])[O-].[Na+].[Na+].[Na+].[Na+]. The van der Waals surface area contributed by atoms with Gasteiger partial charge in [-0.2, -0.15) is 0 Å². The summed E-state index contributed by atoms with van der Waals surface area (Å²) in [5, 5.41) is 5.98. The smallest absolute Gasteiger partial charge is 0.808 e. The summed E-state index contributed by atoms with van der Waals surface area (Å²) in [5.74, 6) is -1.92. The number of aliphatic hydroxyl groups is 1. The van der Waals surface area contributed by atoms with Crippen LogP contribution in [-0.4, -0.2) is 16.7 Å². The number of benzene rings is 1. The molecular weight excluding hydrogens is 423 g/mol. The van der Waals surface area contributed by atoms with Crippen LogP contribution in [0.1, 0.15) is 11.5 Å². The first-order valence-electron chi connectivity index (χ1n) is 5.17. The molecule has 3 N–H and O–H groups in total. The Bertz CT molecular complexity index is 560. The number of rotatable bonds is 5. The maximum atomic E-state index is 11.1. The molecule has 15 heteroatoms. The minimum Gasteiger partial charge on any atom is -0.808 e. The molecule has 0 aliphatic carbocycles. The standard InChI is InChI=1S/C9H14ClNO7P2.4Na/c10-7-3-1-6(2-4-7)8(5-11)9(12,19(13,14)15)20(16,17)18;;;;/h1-4,8,12H,5,11H2,(H2,13,14,15)(H2,16,17,18);;;;/q;4*+1/p-4/t8-;;;;/m1..../s1. The third-order valence-corrected chi connectivity index (χ3v) is 6.74. The predicted molar refractivity (Wildman–Crippen MR) is 63.4 cm³/mol. The molecule has 0 fully saturated rings. The van der Waals surface area contributed by atoms with E-state index < -0.39 is 32.7 Å². The number of hydrogen-bond donors (Lipinski definition) is 2. The third kappa shape index (κ3) is 8.23. The maximum Gasteiger partial charge on any atom is 1.00 e. The monoisotopic (exact) mass is 433 g/mol. The number of hydrogen-bond acceptors (Lipinski definition) is 8. The second-order valence-electron chi connectivity index (χ2n) is 4.02. The molecule has 8 nitrogen and oxygen atoms in total. The van der Waals surface area contributed by atoms with Crippen molar-refractivity contribution in [1.82, 2.24) is 0 Å². The zero-order chi connectivity index (χ0) is 15.8. The Morgan fingerprint density at radius 3 is 1.58 bits per heavy atom. The van der Waals surface area contributed by atoms with E-state index in [0.29, 0.717) is 0 Å². The van der Waals surface area contributed by atoms with E-state index >= 15 is 0 Å². The van der Waals surface area contributed by atoms with Crippen LogP contribution in [0.2, 0.25) is 5.02 Å². The van der Waals surface area contributed by atoms with E-state index in [1.807, 2.05) is 0 Å². The Labute approximate surface area is 233 Å². The van der Waals surface area contributed by atoms with Gasteiger partial charge in [0.15, 0.2) is 0 Å². The minimum atomic E-state index is -6.20. The van der Waals surface area contributed by atoms with E-state index in [2.05, 4.69) is 0 Å². The Balaban J connectivity index is -0.000000500. The van der Waals surface area contributed by atoms with Gasteiger partial charge in [-0.3, -0.25) is 0 Å². The van der Waals surface area contributed by atoms with E-state index in [1.54, 1.807) is 0 Å². The number of nitrogens with two attached hydrogens (primary N) is 1. The largest absolute Gasteiger partial charge is 1.00 e. The van der Waals surface area contributed by atoms with Gasteiger partial charge >= 0.3 is 118 Å². The van der Waals surface area contributed by atoms with Crippen LogP contribution in [0.25, 0.3) is 0 Å². The number of halogens is 1. The summed E-state index contributed by atoms with van der Waals surface area (Å²) in [4.78, 5) is 44.4. The Hall–Kier alpha value is 3.73. The van der Waals surface area contributed by atoms with Crippen LogP contribution in [0.4, 0.5) is 0 Å². The average Bonchev–Trinajstić information content (AvgIpc) is 2.29. The quantitative estimate of drug-likeness (QED) is 0.340. The van der Waals surface area contributed by atoms with Gasteiger partial charge in [0.25, 0.3) is 0 Å². The predicted octanol–water partition coefficient (Wildman–Crippen LogP) is -14.1. The van der Waals surface area contributed by atoms with Crippen molar-refractivity contribution in [3.05, 3.63) is 34.9 Å². The Morgan fingerprint density at radius 1 is 1.00 bits per heavy atom. The molecule has 114 valence electrons. The van der Waals surface area contributed by atoms with E-state index in [-0.39, 0.29) is 129 Å². The summed E-state index contributed by atoms with van der Waals surface area (Å²) in [7, 11) is -12.4. The molecule has 1 aromatic rings. The second kappa shape index (κ2) is 13.9. The van der Waals surface area contributed by atoms with Crippen molar-refractivity contribution in [2.24, 2.45) is 5.73 Å². The van der Waals surface area contributed by atoms with Crippen molar-refractivity contribution >= 4 is 26.8 Å². The van der Waals surface area contributed by atoms with E-state index in [9.17, 15) is 33.8 Å². The van der Waals surface area contributed by atoms with Crippen molar-refractivity contribution < 1.29 is 152 Å². The molecule has 0 bridgehead atoms. The maximum absolute atomic E-state index is 11.1. The molecular formula is C9H10ClNNa4O7P2. The molecule has 0 heterocycles. The van der Waals surface area contributed by atoms with E-state index in [1.165, 1.54) is 12.1 Å². The van der Waals surface area contributed by atoms with Crippen LogP contribution in [-0.2, 0) is 9.13 Å². The van der Waals surface area contributed by atoms with Gasteiger partial charge in [-0.1, -0.05) is 23.7 Å². The first kappa shape index (κ1) is 35.2. The van der Waals surface area contributed by atoms with Crippen LogP contribution >= 0.6 is 26.8 Å². The van der Waals surface area contributed by atoms with Crippen LogP contribution < -0.4 is 144 Å². The summed E-state index contributed by atoms with van der Waals surface area (Å²) in [6.07, 6.45) is 0. The van der Waals surface area contributed by atoms with Gasteiger partial charge in [-0.25, -0.2) is 0 Å². The van der Waals surface area contributed by atoms with Gasteiger partial charge in [-0.15, -0.1) is 0 Å². The van der Waals surface area contributed by atoms with Crippen LogP contribution in [0.5, 0.6) is 0 Å². The fourth-order valence-electron chi connectivity index (χ4n) is 1.74. The van der Waals surface area contributed by atoms with E-state index in [4.69, 9.17) is 17.3 Å². The zero-order valence-corrected chi connectivity index (χ0v) is 24.4. The molecule has 0 saturated heterocycles. The molecule has 0 unspecified atom stereocenters. The molecule has 0 spiro atoms. The molecule has 0 radical (unpaired) electrons. The van der Waals surface area contributed by atoms with Gasteiger partial charge in [0.05, 0.1) is 0 Å². The van der Waals surface area contributed by atoms with Crippen molar-refractivity contribution in [3.63, 3.8) is 0 Å². The molecule has 1 rings (SSSR count). The molecule has 0 aromatic heterocycles. The average molecular weight is 434 g/mol. The fraction of sp³-hybridized carbons (Fsp3) is 0.333. The van der Waals surface area contributed by atoms with Gasteiger partial charge in [0, 0.05) is 17.5 Å². The molecule has 0 amide bonds. The van der Waals surface area contributed by atoms with Gasteiger partial charge in [-0.05, 0) is 32.9 Å². The van der Waals surface area contributed by atoms with Crippen molar-refractivity contribution in [2.75, 3.05) is 6.54 Å². The summed E-state index contributed by atoms with van der Waals surface area (Å²) in [5.41, 5.74) is 5.12. The zero-order valence-electron chi connectivity index (χ0n) is 13.8. The molecule has 0 saturated carbocycles. The first-order valence-corrected chi connectivity index (χ1v) is 8.63. The van der Waals surface area contributed by atoms with Crippen molar-refractivity contribution in [1.29, 1.82) is 0 Å². The summed E-state index contributed by atoms with van der Waals surface area (Å²) < 4.78 is 22.2. The van der Waals surface area contributed by atoms with Crippen molar-refractivity contribution in [2.45, 2.75) is 11.0 Å². The molecule has 24 heavy (non-hydrogen) atoms. The summed E-state index contributed by atoms with van der Waals surface area (Å²) in [6, 6.07) is 4.86. The van der Waals surface area contributed by atoms with Gasteiger partial charge < -0.3 is 39.5 Å². The fourth-order valence-corrected chi connectivity index (χ4v) is 4.34. The van der Waals surface area contributed by atoms with Crippen LogP contribution in [0, 0.1) is 0 Å². The second-order valence-corrected chi connectivity index (χ2v) is 8.16. The molecule has 0 aliphatic heterocycles. The van der Waals surface area contributed by atoms with Crippen LogP contribution in [0.15, 0.2) is 24.3 Å². The van der Waals surface area contributed by atoms with E-state index in [0.717, 1.165) is 12.1 Å². The van der Waals surface area contributed by atoms with Crippen molar-refractivity contribution in [3.8, 4) is 0 Å². The summed E-state index contributed by atoms with van der Waals surface area (Å²) in [6.45, 7) is -0.749. The Morgan fingerprint density at radius 2 is 1.33 bits per heavy atom. The topological polar surface area (TPSA) is 173 Å². The molecule has 1 aromatic carbocycles.